The first-order chi connectivity index (χ1) is 6.75. The van der Waals surface area contributed by atoms with Gasteiger partial charge >= 0.3 is 26.2 Å². The summed E-state index contributed by atoms with van der Waals surface area (Å²) in [5.41, 5.74) is 3.80. The molecule has 96 valence electrons. The van der Waals surface area contributed by atoms with Crippen LogP contribution in [0.3, 0.4) is 0 Å². The molecule has 0 aromatic rings. The first kappa shape index (κ1) is 21.1. The fourth-order valence-electron chi connectivity index (χ4n) is 1.91. The van der Waals surface area contributed by atoms with Crippen molar-refractivity contribution >= 4 is 15.9 Å². The second-order valence-corrected chi connectivity index (χ2v) is 4.34. The van der Waals surface area contributed by atoms with Gasteiger partial charge in [-0.15, -0.1) is 0 Å². The molecule has 0 bridgehead atoms. The number of halogens is 4. The minimum atomic E-state index is 0. The number of rotatable bonds is 0. The van der Waals surface area contributed by atoms with Gasteiger partial charge in [0.2, 0.25) is 0 Å². The van der Waals surface area contributed by atoms with E-state index in [9.17, 15) is 0 Å². The van der Waals surface area contributed by atoms with E-state index in [1.165, 1.54) is 23.5 Å². The van der Waals surface area contributed by atoms with E-state index >= 15 is 0 Å². The van der Waals surface area contributed by atoms with Crippen molar-refractivity contribution in [3.8, 4) is 0 Å². The zero-order valence-corrected chi connectivity index (χ0v) is 15.6. The maximum absolute atomic E-state index is 5.28. The molecule has 0 amide bonds. The second kappa shape index (κ2) is 8.16. The van der Waals surface area contributed by atoms with E-state index in [1.807, 2.05) is 0 Å². The normalized spacial score (nSPS) is 18.6. The van der Waals surface area contributed by atoms with E-state index in [1.54, 1.807) is 0 Å². The summed E-state index contributed by atoms with van der Waals surface area (Å²) >= 11 is 3.54. The van der Waals surface area contributed by atoms with Gasteiger partial charge in [-0.25, -0.2) is 0 Å². The van der Waals surface area contributed by atoms with E-state index in [0.717, 1.165) is 22.4 Å². The van der Waals surface area contributed by atoms with Gasteiger partial charge in [0.25, 0.3) is 0 Å². The zero-order valence-electron chi connectivity index (χ0n) is 9.27. The van der Waals surface area contributed by atoms with Gasteiger partial charge in [-0.3, -0.25) is 0 Å². The number of ether oxygens (including phenoxy) is 2. The minimum absolute atomic E-state index is 0. The average molecular weight is 450 g/mol. The average Bonchev–Trinajstić information content (AvgIpc) is 2.71. The van der Waals surface area contributed by atoms with Crippen LogP contribution in [0.25, 0.3) is 0 Å². The molecule has 3 aliphatic rings. The Morgan fingerprint density at radius 2 is 1.83 bits per heavy atom. The number of fused-ring (bicyclic) bond motifs is 1. The summed E-state index contributed by atoms with van der Waals surface area (Å²) in [6.07, 6.45) is 5.16. The molecule has 7 heteroatoms. The van der Waals surface area contributed by atoms with Crippen LogP contribution in [-0.4, -0.2) is 0 Å². The molecule has 2 aliphatic carbocycles. The molecule has 0 aromatic carbocycles. The van der Waals surface area contributed by atoms with Crippen LogP contribution in [0.1, 0.15) is 13.3 Å². The first-order valence-electron chi connectivity index (χ1n) is 4.43. The Hall–Kier alpha value is 0.793. The van der Waals surface area contributed by atoms with Gasteiger partial charge in [0.1, 0.15) is 11.5 Å². The van der Waals surface area contributed by atoms with E-state index in [2.05, 4.69) is 35.0 Å². The molecule has 0 atom stereocenters. The third kappa shape index (κ3) is 3.46. The van der Waals surface area contributed by atoms with Gasteiger partial charge < -0.3 is 46.7 Å². The van der Waals surface area contributed by atoms with Crippen molar-refractivity contribution in [2.75, 3.05) is 0 Å². The van der Waals surface area contributed by atoms with Crippen molar-refractivity contribution in [1.29, 1.82) is 0 Å². The topological polar surface area (TPSA) is 18.5 Å². The molecule has 0 saturated heterocycles. The predicted octanol–water partition coefficient (Wildman–Crippen LogP) is -5.69. The van der Waals surface area contributed by atoms with Crippen LogP contribution in [0.5, 0.6) is 0 Å². The standard InChI is InChI=1S/C11H8BrO2.3ClH.Zr/c1-6-2-7-4-9-11(14-5-13-9)10(12)8(7)3-6;;;;/h2-3,5H,4H2,1H3;3*1H;/q-1;;;;+4/p-3. The van der Waals surface area contributed by atoms with Crippen molar-refractivity contribution < 1.29 is 72.9 Å². The third-order valence-corrected chi connectivity index (χ3v) is 3.30. The van der Waals surface area contributed by atoms with Crippen LogP contribution in [0, 0.1) is 6.79 Å². The molecule has 0 unspecified atom stereocenters. The van der Waals surface area contributed by atoms with Crippen LogP contribution in [0.4, 0.5) is 0 Å². The molecule has 0 fully saturated rings. The maximum atomic E-state index is 5.28. The van der Waals surface area contributed by atoms with Gasteiger partial charge in [0.05, 0.1) is 4.48 Å². The van der Waals surface area contributed by atoms with Crippen molar-refractivity contribution in [2.45, 2.75) is 13.3 Å². The Kier molecular flexibility index (Phi) is 9.57. The van der Waals surface area contributed by atoms with Crippen LogP contribution < -0.4 is 37.2 Å². The molecular formula is C11H8BrCl3O2Zr. The van der Waals surface area contributed by atoms with Crippen LogP contribution >= 0.6 is 15.9 Å². The summed E-state index contributed by atoms with van der Waals surface area (Å²) in [5.74, 6) is 1.72. The summed E-state index contributed by atoms with van der Waals surface area (Å²) in [6, 6.07) is 0. The van der Waals surface area contributed by atoms with Crippen molar-refractivity contribution in [1.82, 2.24) is 0 Å². The predicted molar refractivity (Wildman–Crippen MR) is 55.9 cm³/mol. The molecule has 0 N–H and O–H groups in total. The van der Waals surface area contributed by atoms with Gasteiger partial charge in [-0.1, -0.05) is 17.7 Å². The molecule has 0 spiro atoms. The van der Waals surface area contributed by atoms with Crippen molar-refractivity contribution in [3.05, 3.63) is 51.7 Å². The number of allylic oxidation sites excluding steroid dienone is 6. The molecule has 0 radical (unpaired) electrons. The largest absolute Gasteiger partial charge is 4.00 e. The summed E-state index contributed by atoms with van der Waals surface area (Å²) in [7, 11) is 0. The minimum Gasteiger partial charge on any atom is -1.00 e. The van der Waals surface area contributed by atoms with Gasteiger partial charge in [-0.05, 0) is 34.0 Å². The Morgan fingerprint density at radius 3 is 2.50 bits per heavy atom. The van der Waals surface area contributed by atoms with E-state index in [4.69, 9.17) is 9.47 Å². The van der Waals surface area contributed by atoms with Crippen molar-refractivity contribution in [3.63, 3.8) is 0 Å². The van der Waals surface area contributed by atoms with E-state index in [-0.39, 0.29) is 63.4 Å². The first-order valence-corrected chi connectivity index (χ1v) is 5.22. The second-order valence-electron chi connectivity index (χ2n) is 3.55. The summed E-state index contributed by atoms with van der Waals surface area (Å²) < 4.78 is 11.6. The molecule has 0 saturated carbocycles. The molecule has 0 aromatic heterocycles. The van der Waals surface area contributed by atoms with Gasteiger partial charge in [0, 0.05) is 13.2 Å². The third-order valence-electron chi connectivity index (χ3n) is 2.52. The Bertz CT molecular complexity index is 455. The van der Waals surface area contributed by atoms with Gasteiger partial charge in [0.15, 0.2) is 0 Å². The Morgan fingerprint density at radius 1 is 1.17 bits per heavy atom. The molecule has 18 heavy (non-hydrogen) atoms. The summed E-state index contributed by atoms with van der Waals surface area (Å²) in [4.78, 5) is 0. The molecular weight excluding hydrogens is 442 g/mol. The summed E-state index contributed by atoms with van der Waals surface area (Å²) in [5, 5.41) is 0. The number of hydrogen-bond acceptors (Lipinski definition) is 2. The summed E-state index contributed by atoms with van der Waals surface area (Å²) in [6.45, 7) is 3.47. The van der Waals surface area contributed by atoms with Crippen LogP contribution in [-0.2, 0) is 35.7 Å². The molecule has 2 nitrogen and oxygen atoms in total. The smallest absolute Gasteiger partial charge is 1.00 e. The molecule has 3 rings (SSSR count). The van der Waals surface area contributed by atoms with E-state index in [0.29, 0.717) is 0 Å². The van der Waals surface area contributed by atoms with E-state index < -0.39 is 0 Å². The van der Waals surface area contributed by atoms with Crippen LogP contribution in [0.2, 0.25) is 0 Å². The maximum Gasteiger partial charge on any atom is 4.00 e. The molecule has 1 heterocycles. The van der Waals surface area contributed by atoms with Crippen molar-refractivity contribution in [2.24, 2.45) is 0 Å². The fraction of sp³-hybridized carbons (Fsp3) is 0.182. The Balaban J connectivity index is 0. The number of hydrogen-bond donors (Lipinski definition) is 0. The monoisotopic (exact) mass is 446 g/mol. The fourth-order valence-corrected chi connectivity index (χ4v) is 2.59. The van der Waals surface area contributed by atoms with Gasteiger partial charge in [-0.2, -0.15) is 0 Å². The SMILES string of the molecule is CC1=CC2=C(Br)C3=C(CC2=C1)O[CH-]O3.[Cl-].[Cl-].[Cl-].[Zr+4]. The zero-order chi connectivity index (χ0) is 9.71. The van der Waals surface area contributed by atoms with Crippen LogP contribution in [0.15, 0.2) is 44.9 Å². The quantitative estimate of drug-likeness (QED) is 0.344. The Labute approximate surface area is 152 Å². The molecule has 1 aliphatic heterocycles.